The largest absolute Gasteiger partial charge is 0.348 e. The molecule has 0 radical (unpaired) electrons. The van der Waals surface area contributed by atoms with Gasteiger partial charge in [0.1, 0.15) is 0 Å². The van der Waals surface area contributed by atoms with Crippen molar-refractivity contribution in [2.75, 3.05) is 6.54 Å². The van der Waals surface area contributed by atoms with E-state index in [-0.39, 0.29) is 12.3 Å². The van der Waals surface area contributed by atoms with Crippen LogP contribution in [0, 0.1) is 19.8 Å². The lowest BCUT2D eigenvalue weighted by Gasteiger charge is -2.20. The first kappa shape index (κ1) is 20.8. The summed E-state index contributed by atoms with van der Waals surface area (Å²) in [6.45, 7) is 10.4. The van der Waals surface area contributed by atoms with Gasteiger partial charge in [-0.05, 0) is 51.3 Å². The molecular weight excluding hydrogens is 368 g/mol. The van der Waals surface area contributed by atoms with Gasteiger partial charge in [0.25, 0.3) is 5.91 Å². The van der Waals surface area contributed by atoms with Crippen molar-refractivity contribution < 1.29 is 14.4 Å². The van der Waals surface area contributed by atoms with E-state index in [1.807, 2.05) is 19.9 Å². The normalized spacial score (nSPS) is 19.2. The molecule has 29 heavy (non-hydrogen) atoms. The highest BCUT2D eigenvalue weighted by molar-refractivity contribution is 6.11. The quantitative estimate of drug-likeness (QED) is 0.575. The Morgan fingerprint density at radius 3 is 2.59 bits per heavy atom. The molecule has 1 N–H and O–H groups in total. The lowest BCUT2D eigenvalue weighted by molar-refractivity contribution is -0.130. The third-order valence-electron chi connectivity index (χ3n) is 5.56. The third-order valence-corrected chi connectivity index (χ3v) is 5.56. The van der Waals surface area contributed by atoms with Crippen molar-refractivity contribution >= 4 is 17.7 Å². The summed E-state index contributed by atoms with van der Waals surface area (Å²) >= 11 is 0. The van der Waals surface area contributed by atoms with E-state index in [0.29, 0.717) is 17.2 Å². The van der Waals surface area contributed by atoms with Crippen LogP contribution in [0.25, 0.3) is 0 Å². The fourth-order valence-corrected chi connectivity index (χ4v) is 3.72. The Labute approximate surface area is 171 Å². The van der Waals surface area contributed by atoms with E-state index in [0.717, 1.165) is 29.3 Å². The van der Waals surface area contributed by atoms with Gasteiger partial charge < -0.3 is 9.88 Å². The summed E-state index contributed by atoms with van der Waals surface area (Å²) in [6.07, 6.45) is 2.58. The molecule has 1 aliphatic heterocycles. The number of hydrogen-bond acceptors (Lipinski definition) is 4. The molecule has 0 saturated carbocycles. The van der Waals surface area contributed by atoms with E-state index in [2.05, 4.69) is 28.7 Å². The van der Waals surface area contributed by atoms with Gasteiger partial charge >= 0.3 is 6.03 Å². The van der Waals surface area contributed by atoms with Crippen LogP contribution >= 0.6 is 0 Å². The Morgan fingerprint density at radius 1 is 1.24 bits per heavy atom. The summed E-state index contributed by atoms with van der Waals surface area (Å²) < 4.78 is 2.12. The van der Waals surface area contributed by atoms with Crippen LogP contribution in [0.4, 0.5) is 4.79 Å². The lowest BCUT2D eigenvalue weighted by Crippen LogP contribution is -2.42. The highest BCUT2D eigenvalue weighted by Crippen LogP contribution is 2.28. The molecule has 0 aromatic carbocycles. The molecule has 7 heteroatoms. The number of urea groups is 1. The monoisotopic (exact) mass is 396 g/mol. The summed E-state index contributed by atoms with van der Waals surface area (Å²) in [5.41, 5.74) is 1.60. The number of Topliss-reactive ketones (excluding diaryl/α,β-unsaturated/α-hetero) is 1. The summed E-state index contributed by atoms with van der Waals surface area (Å²) in [4.78, 5) is 43.6. The number of aryl methyl sites for hydroxylation is 1. The molecule has 1 atom stereocenters. The first-order valence-electron chi connectivity index (χ1n) is 9.90. The average molecular weight is 396 g/mol. The minimum Gasteiger partial charge on any atom is -0.348 e. The number of amides is 3. The molecule has 0 spiro atoms. The Hall–Kier alpha value is -2.96. The van der Waals surface area contributed by atoms with E-state index >= 15 is 0 Å². The summed E-state index contributed by atoms with van der Waals surface area (Å²) in [6, 6.07) is 6.45. The van der Waals surface area contributed by atoms with Crippen molar-refractivity contribution in [1.29, 1.82) is 0 Å². The lowest BCUT2D eigenvalue weighted by atomic mass is 9.97. The minimum atomic E-state index is -1.27. The molecule has 3 heterocycles. The number of rotatable bonds is 7. The Morgan fingerprint density at radius 2 is 1.97 bits per heavy atom. The van der Waals surface area contributed by atoms with Gasteiger partial charge in [-0.2, -0.15) is 0 Å². The Bertz CT molecular complexity index is 948. The maximum absolute atomic E-state index is 13.0. The first-order chi connectivity index (χ1) is 13.6. The van der Waals surface area contributed by atoms with Gasteiger partial charge in [0.05, 0.1) is 12.2 Å². The predicted octanol–water partition coefficient (Wildman–Crippen LogP) is 3.20. The van der Waals surface area contributed by atoms with Crippen molar-refractivity contribution in [1.82, 2.24) is 19.8 Å². The molecule has 3 rings (SSSR count). The molecule has 154 valence electrons. The van der Waals surface area contributed by atoms with E-state index in [9.17, 15) is 14.4 Å². The van der Waals surface area contributed by atoms with Gasteiger partial charge in [-0.25, -0.2) is 4.79 Å². The molecule has 1 fully saturated rings. The van der Waals surface area contributed by atoms with Crippen LogP contribution in [-0.4, -0.2) is 38.7 Å². The fourth-order valence-electron chi connectivity index (χ4n) is 3.72. The number of ketones is 1. The zero-order valence-corrected chi connectivity index (χ0v) is 17.7. The second-order valence-electron chi connectivity index (χ2n) is 8.20. The number of carbonyl (C=O) groups is 3. The molecule has 0 aliphatic carbocycles. The van der Waals surface area contributed by atoms with E-state index < -0.39 is 17.5 Å². The number of aromatic nitrogens is 2. The highest BCUT2D eigenvalue weighted by atomic mass is 16.2. The minimum absolute atomic E-state index is 0.248. The number of imide groups is 1. The Balaban J connectivity index is 1.80. The summed E-state index contributed by atoms with van der Waals surface area (Å²) in [7, 11) is 0. The third kappa shape index (κ3) is 3.81. The highest BCUT2D eigenvalue weighted by Gasteiger charge is 2.50. The van der Waals surface area contributed by atoms with Gasteiger partial charge in [-0.1, -0.05) is 19.9 Å². The Kier molecular flexibility index (Phi) is 5.59. The van der Waals surface area contributed by atoms with Crippen LogP contribution in [0.15, 0.2) is 30.5 Å². The van der Waals surface area contributed by atoms with Crippen molar-refractivity contribution in [3.05, 3.63) is 53.1 Å². The van der Waals surface area contributed by atoms with Crippen LogP contribution in [-0.2, 0) is 16.9 Å². The number of hydrogen-bond donors (Lipinski definition) is 1. The molecule has 3 amide bonds. The summed E-state index contributed by atoms with van der Waals surface area (Å²) in [5.74, 6) is -0.156. The van der Waals surface area contributed by atoms with E-state index in [4.69, 9.17) is 0 Å². The standard InChI is InChI=1S/C22H28N4O3/c1-14(2)9-11-25-15(3)12-17(16(25)4)18(27)13-26-20(28)22(5,24-21(26)29)19-8-6-7-10-23-19/h6-8,10,12,14H,9,11,13H2,1-5H3,(H,24,29). The predicted molar refractivity (Wildman–Crippen MR) is 110 cm³/mol. The smallest absolute Gasteiger partial charge is 0.325 e. The van der Waals surface area contributed by atoms with Gasteiger partial charge in [-0.3, -0.25) is 19.5 Å². The SMILES string of the molecule is Cc1cc(C(=O)CN2C(=O)NC(C)(c3ccccn3)C2=O)c(C)n1CCC(C)C. The van der Waals surface area contributed by atoms with Gasteiger partial charge in [0.15, 0.2) is 11.3 Å². The van der Waals surface area contributed by atoms with Crippen molar-refractivity contribution in [3.8, 4) is 0 Å². The van der Waals surface area contributed by atoms with Crippen LogP contribution in [0.2, 0.25) is 0 Å². The van der Waals surface area contributed by atoms with Crippen LogP contribution in [0.1, 0.15) is 54.6 Å². The molecule has 0 bridgehead atoms. The average Bonchev–Trinajstić information content (AvgIpc) is 3.08. The van der Waals surface area contributed by atoms with Crippen LogP contribution < -0.4 is 5.32 Å². The molecule has 2 aromatic rings. The molecule has 2 aromatic heterocycles. The van der Waals surface area contributed by atoms with E-state index in [1.54, 1.807) is 31.3 Å². The maximum atomic E-state index is 13.0. The van der Waals surface area contributed by atoms with Crippen LogP contribution in [0.5, 0.6) is 0 Å². The maximum Gasteiger partial charge on any atom is 0.325 e. The first-order valence-corrected chi connectivity index (χ1v) is 9.90. The number of nitrogens with one attached hydrogen (secondary N) is 1. The zero-order valence-electron chi connectivity index (χ0n) is 17.7. The van der Waals surface area contributed by atoms with Crippen molar-refractivity contribution in [2.45, 2.75) is 53.1 Å². The fraction of sp³-hybridized carbons (Fsp3) is 0.455. The molecule has 7 nitrogen and oxygen atoms in total. The van der Waals surface area contributed by atoms with Gasteiger partial charge in [-0.15, -0.1) is 0 Å². The van der Waals surface area contributed by atoms with Crippen LogP contribution in [0.3, 0.4) is 0 Å². The second kappa shape index (κ2) is 7.81. The van der Waals surface area contributed by atoms with Gasteiger partial charge in [0.2, 0.25) is 0 Å². The summed E-state index contributed by atoms with van der Waals surface area (Å²) in [5, 5.41) is 2.68. The number of nitrogens with zero attached hydrogens (tertiary/aromatic N) is 3. The number of pyridine rings is 1. The molecule has 1 aliphatic rings. The van der Waals surface area contributed by atoms with Gasteiger partial charge in [0, 0.05) is 29.7 Å². The zero-order chi connectivity index (χ0) is 21.3. The molecule has 1 unspecified atom stereocenters. The molecule has 1 saturated heterocycles. The van der Waals surface area contributed by atoms with Crippen molar-refractivity contribution in [2.24, 2.45) is 5.92 Å². The van der Waals surface area contributed by atoms with E-state index in [1.165, 1.54) is 0 Å². The molecular formula is C22H28N4O3. The number of carbonyl (C=O) groups excluding carboxylic acids is 3. The topological polar surface area (TPSA) is 84.3 Å². The van der Waals surface area contributed by atoms with Crippen molar-refractivity contribution in [3.63, 3.8) is 0 Å². The second-order valence-corrected chi connectivity index (χ2v) is 8.20.